The topological polar surface area (TPSA) is 29.4 Å². The van der Waals surface area contributed by atoms with Crippen LogP contribution in [0, 0.1) is 0 Å². The van der Waals surface area contributed by atoms with Gasteiger partial charge in [0.05, 0.1) is 5.69 Å². The van der Waals surface area contributed by atoms with Crippen LogP contribution in [0.2, 0.25) is 0 Å². The molecule has 0 saturated carbocycles. The van der Waals surface area contributed by atoms with E-state index in [0.29, 0.717) is 0 Å². The molecule has 1 aromatic rings. The van der Waals surface area contributed by atoms with Gasteiger partial charge < -0.3 is 0 Å². The van der Waals surface area contributed by atoms with Crippen molar-refractivity contribution in [3.63, 3.8) is 0 Å². The van der Waals surface area contributed by atoms with Crippen molar-refractivity contribution in [2.24, 2.45) is 4.36 Å². The van der Waals surface area contributed by atoms with Gasteiger partial charge in [0.15, 0.2) is 0 Å². The molecule has 0 radical (unpaired) electrons. The van der Waals surface area contributed by atoms with Crippen LogP contribution in [0.4, 0.5) is 5.69 Å². The van der Waals surface area contributed by atoms with E-state index in [2.05, 4.69) is 10.9 Å². The van der Waals surface area contributed by atoms with E-state index in [-0.39, 0.29) is 11.5 Å². The van der Waals surface area contributed by atoms with E-state index < -0.39 is 0 Å². The molecule has 1 rings (SSSR count). The van der Waals surface area contributed by atoms with Gasteiger partial charge in [-0.1, -0.05) is 24.3 Å². The molecule has 0 saturated heterocycles. The zero-order valence-corrected chi connectivity index (χ0v) is 7.38. The summed E-state index contributed by atoms with van der Waals surface area (Å²) in [7, 11) is 0. The Morgan fingerprint density at radius 1 is 1.50 bits per heavy atom. The van der Waals surface area contributed by atoms with E-state index in [0.717, 1.165) is 17.7 Å². The molecule has 0 aliphatic rings. The minimum absolute atomic E-state index is 0.235. The number of benzene rings is 1. The Kier molecular flexibility index (Phi) is 3.41. The second kappa shape index (κ2) is 4.62. The molecule has 0 aliphatic heterocycles. The monoisotopic (exact) mass is 179 g/mol. The van der Waals surface area contributed by atoms with Gasteiger partial charge in [-0.3, -0.25) is 0 Å². The lowest BCUT2D eigenvalue weighted by Gasteiger charge is -1.98. The highest BCUT2D eigenvalue weighted by Crippen LogP contribution is 2.18. The third-order valence-corrected chi connectivity index (χ3v) is 1.76. The Morgan fingerprint density at radius 3 is 2.92 bits per heavy atom. The van der Waals surface area contributed by atoms with Crippen LogP contribution >= 0.6 is 0 Å². The van der Waals surface area contributed by atoms with Crippen molar-refractivity contribution in [2.45, 2.75) is 6.42 Å². The molecule has 0 spiro atoms. The normalized spacial score (nSPS) is 9.00. The van der Waals surface area contributed by atoms with Gasteiger partial charge in [-0.25, -0.2) is 0 Å². The summed E-state index contributed by atoms with van der Waals surface area (Å²) in [4.78, 5) is 0. The summed E-state index contributed by atoms with van der Waals surface area (Å²) < 4.78 is 13.9. The standard InChI is InChI=1S/C9H9NOS/c1-2-5-8-6-3-4-7-9(8)10-12-11/h2-4,6-7H,1,5H2. The Hall–Kier alpha value is -1.22. The number of allylic oxidation sites excluding steroid dienone is 1. The van der Waals surface area contributed by atoms with Crippen molar-refractivity contribution >= 4 is 17.2 Å². The predicted molar refractivity (Wildman–Crippen MR) is 50.6 cm³/mol. The van der Waals surface area contributed by atoms with Crippen LogP contribution in [0.1, 0.15) is 5.56 Å². The number of hydrogen-bond donors (Lipinski definition) is 0. The lowest BCUT2D eigenvalue weighted by atomic mass is 10.1. The number of nitrogens with zero attached hydrogens (tertiary/aromatic N) is 1. The summed E-state index contributed by atoms with van der Waals surface area (Å²) in [6, 6.07) is 7.55. The minimum Gasteiger partial charge on any atom is -0.191 e. The van der Waals surface area contributed by atoms with Crippen molar-refractivity contribution in [3.05, 3.63) is 42.5 Å². The first-order chi connectivity index (χ1) is 5.88. The Bertz CT molecular complexity index is 329. The van der Waals surface area contributed by atoms with Gasteiger partial charge in [-0.2, -0.15) is 8.57 Å². The van der Waals surface area contributed by atoms with Crippen LogP contribution in [-0.4, -0.2) is 4.21 Å². The van der Waals surface area contributed by atoms with Crippen molar-refractivity contribution in [2.75, 3.05) is 0 Å². The quantitative estimate of drug-likeness (QED) is 0.655. The maximum Gasteiger partial charge on any atom is 0.205 e. The van der Waals surface area contributed by atoms with Gasteiger partial charge in [0, 0.05) is 0 Å². The number of hydrogen-bond acceptors (Lipinski definition) is 2. The molecule has 0 bridgehead atoms. The van der Waals surface area contributed by atoms with E-state index in [1.54, 1.807) is 6.08 Å². The van der Waals surface area contributed by atoms with Crippen molar-refractivity contribution in [1.29, 1.82) is 0 Å². The molecule has 0 aliphatic carbocycles. The number of rotatable bonds is 3. The van der Waals surface area contributed by atoms with Crippen LogP contribution in [0.25, 0.3) is 0 Å². The van der Waals surface area contributed by atoms with E-state index >= 15 is 0 Å². The second-order valence-corrected chi connectivity index (χ2v) is 2.62. The summed E-state index contributed by atoms with van der Waals surface area (Å²) in [6.07, 6.45) is 2.55. The molecule has 0 heterocycles. The summed E-state index contributed by atoms with van der Waals surface area (Å²) in [5.74, 6) is 0. The average Bonchev–Trinajstić information content (AvgIpc) is 2.09. The summed E-state index contributed by atoms with van der Waals surface area (Å²) >= 11 is 0.235. The van der Waals surface area contributed by atoms with Crippen molar-refractivity contribution in [3.8, 4) is 0 Å². The molecule has 0 unspecified atom stereocenters. The first-order valence-corrected chi connectivity index (χ1v) is 4.27. The van der Waals surface area contributed by atoms with Gasteiger partial charge in [-0.15, -0.1) is 6.58 Å². The molecule has 3 heteroatoms. The van der Waals surface area contributed by atoms with Crippen LogP contribution in [0.3, 0.4) is 0 Å². The molecule has 0 atom stereocenters. The summed E-state index contributed by atoms with van der Waals surface area (Å²) in [6.45, 7) is 3.63. The fraction of sp³-hybridized carbons (Fsp3) is 0.111. The Morgan fingerprint density at radius 2 is 2.25 bits per heavy atom. The molecule has 12 heavy (non-hydrogen) atoms. The van der Waals surface area contributed by atoms with E-state index in [4.69, 9.17) is 0 Å². The van der Waals surface area contributed by atoms with E-state index in [9.17, 15) is 4.21 Å². The Balaban J connectivity index is 3.07. The lowest BCUT2D eigenvalue weighted by molar-refractivity contribution is 0.698. The van der Waals surface area contributed by atoms with Gasteiger partial charge in [0.2, 0.25) is 11.5 Å². The third-order valence-electron chi connectivity index (χ3n) is 1.49. The maximum atomic E-state index is 10.2. The van der Waals surface area contributed by atoms with Crippen LogP contribution in [0.15, 0.2) is 41.3 Å². The van der Waals surface area contributed by atoms with Gasteiger partial charge in [-0.05, 0) is 18.1 Å². The largest absolute Gasteiger partial charge is 0.205 e. The second-order valence-electron chi connectivity index (χ2n) is 2.29. The first-order valence-electron chi connectivity index (χ1n) is 3.57. The zero-order valence-electron chi connectivity index (χ0n) is 6.56. The molecular formula is C9H9NOS. The average molecular weight is 179 g/mol. The van der Waals surface area contributed by atoms with Gasteiger partial charge >= 0.3 is 0 Å². The predicted octanol–water partition coefficient (Wildman–Crippen LogP) is 2.44. The van der Waals surface area contributed by atoms with Crippen LogP contribution in [-0.2, 0) is 17.9 Å². The molecule has 1 aromatic carbocycles. The Labute approximate surface area is 75.2 Å². The van der Waals surface area contributed by atoms with Crippen LogP contribution < -0.4 is 0 Å². The fourth-order valence-corrected chi connectivity index (χ4v) is 1.23. The SMILES string of the molecule is C=CCc1ccccc1N=S=O. The smallest absolute Gasteiger partial charge is 0.191 e. The highest BCUT2D eigenvalue weighted by Gasteiger charge is 1.96. The highest BCUT2D eigenvalue weighted by molar-refractivity contribution is 7.54. The molecule has 62 valence electrons. The molecule has 0 fully saturated rings. The van der Waals surface area contributed by atoms with Crippen LogP contribution in [0.5, 0.6) is 0 Å². The molecule has 0 aromatic heterocycles. The highest BCUT2D eigenvalue weighted by atomic mass is 32.1. The third kappa shape index (κ3) is 2.13. The van der Waals surface area contributed by atoms with E-state index in [1.807, 2.05) is 24.3 Å². The molecule has 0 amide bonds. The van der Waals surface area contributed by atoms with Crippen molar-refractivity contribution in [1.82, 2.24) is 0 Å². The maximum absolute atomic E-state index is 10.2. The van der Waals surface area contributed by atoms with E-state index in [1.165, 1.54) is 0 Å². The zero-order chi connectivity index (χ0) is 8.81. The molecule has 0 N–H and O–H groups in total. The fourth-order valence-electron chi connectivity index (χ4n) is 0.968. The van der Waals surface area contributed by atoms with Gasteiger partial charge in [0.1, 0.15) is 0 Å². The molecule has 2 nitrogen and oxygen atoms in total. The summed E-state index contributed by atoms with van der Waals surface area (Å²) in [5, 5.41) is 0. The summed E-state index contributed by atoms with van der Waals surface area (Å²) in [5.41, 5.74) is 1.79. The lowest BCUT2D eigenvalue weighted by Crippen LogP contribution is -1.79. The van der Waals surface area contributed by atoms with Crippen molar-refractivity contribution < 1.29 is 4.21 Å². The molecular weight excluding hydrogens is 170 g/mol. The van der Waals surface area contributed by atoms with Gasteiger partial charge in [0.25, 0.3) is 0 Å². The minimum atomic E-state index is 0.235. The first kappa shape index (κ1) is 8.87.